The summed E-state index contributed by atoms with van der Waals surface area (Å²) < 4.78 is 65.7. The molecule has 0 amide bonds. The first-order valence-corrected chi connectivity index (χ1v) is 11.0. The molecule has 0 unspecified atom stereocenters. The fourth-order valence-electron chi connectivity index (χ4n) is 2.21. The Balaban J connectivity index is 2.46. The number of methoxy groups -OCH3 is 2. The molecule has 11 heteroatoms. The molecule has 0 fully saturated rings. The van der Waals surface area contributed by atoms with Gasteiger partial charge in [0.25, 0.3) is 10.0 Å². The van der Waals surface area contributed by atoms with Crippen LogP contribution in [-0.4, -0.2) is 49.5 Å². The maximum absolute atomic E-state index is 12.7. The molecule has 0 atom stereocenters. The van der Waals surface area contributed by atoms with Crippen LogP contribution in [-0.2, 0) is 20.2 Å². The Hall–Kier alpha value is -2.50. The Morgan fingerprint density at radius 3 is 1.71 bits per heavy atom. The molecule has 0 radical (unpaired) electrons. The summed E-state index contributed by atoms with van der Waals surface area (Å²) in [4.78, 5) is 0.0801. The fourth-order valence-corrected chi connectivity index (χ4v) is 3.89. The zero-order valence-corrected chi connectivity index (χ0v) is 17.8. The van der Waals surface area contributed by atoms with E-state index in [4.69, 9.17) is 9.47 Å². The van der Waals surface area contributed by atoms with Crippen molar-refractivity contribution in [3.8, 4) is 11.5 Å². The van der Waals surface area contributed by atoms with Crippen LogP contribution in [0.5, 0.6) is 11.5 Å². The molecule has 0 aliphatic heterocycles. The molecular weight excluding hydrogens is 406 g/mol. The van der Waals surface area contributed by atoms with Gasteiger partial charge in [0, 0.05) is 26.2 Å². The van der Waals surface area contributed by atoms with E-state index in [1.54, 1.807) is 12.1 Å². The second-order valence-electron chi connectivity index (χ2n) is 6.06. The lowest BCUT2D eigenvalue weighted by molar-refractivity contribution is 0.406. The van der Waals surface area contributed by atoms with Crippen LogP contribution >= 0.6 is 0 Å². The molecule has 154 valence electrons. The first-order valence-electron chi connectivity index (χ1n) is 8.06. The number of nitrogens with one attached hydrogen (secondary N) is 2. The summed E-state index contributed by atoms with van der Waals surface area (Å²) in [5, 5.41) is 0. The van der Waals surface area contributed by atoms with Gasteiger partial charge in [0.15, 0.2) is 0 Å². The first-order chi connectivity index (χ1) is 13.0. The van der Waals surface area contributed by atoms with Gasteiger partial charge < -0.3 is 9.47 Å². The minimum atomic E-state index is -3.88. The monoisotopic (exact) mass is 429 g/mol. The first kappa shape index (κ1) is 21.8. The average Bonchev–Trinajstić information content (AvgIpc) is 2.62. The molecule has 2 aromatic carbocycles. The zero-order valence-electron chi connectivity index (χ0n) is 16.2. The quantitative estimate of drug-likeness (QED) is 0.664. The summed E-state index contributed by atoms with van der Waals surface area (Å²) in [6.45, 7) is 1.85. The number of anilines is 2. The van der Waals surface area contributed by atoms with Crippen molar-refractivity contribution in [3.05, 3.63) is 42.0 Å². The standard InChI is InChI=1S/C17H23N3O6S2/c1-12-6-8-13(9-7-12)27(21,22)18-14-10-17(26-5)15(11-16(14)25-4)19-28(23,24)20(2)3/h6-11,18-19H,1-5H3. The van der Waals surface area contributed by atoms with Crippen LogP contribution in [0.1, 0.15) is 5.56 Å². The summed E-state index contributed by atoms with van der Waals surface area (Å²) in [6, 6.07) is 9.03. The van der Waals surface area contributed by atoms with Crippen molar-refractivity contribution in [3.63, 3.8) is 0 Å². The minimum absolute atomic E-state index is 0.0801. The number of ether oxygens (including phenoxy) is 2. The van der Waals surface area contributed by atoms with E-state index in [-0.39, 0.29) is 27.8 Å². The van der Waals surface area contributed by atoms with Crippen LogP contribution in [0, 0.1) is 6.92 Å². The Labute approximate surface area is 165 Å². The van der Waals surface area contributed by atoms with E-state index >= 15 is 0 Å². The van der Waals surface area contributed by atoms with E-state index < -0.39 is 20.2 Å². The van der Waals surface area contributed by atoms with Gasteiger partial charge in [-0.2, -0.15) is 12.7 Å². The molecule has 0 saturated carbocycles. The van der Waals surface area contributed by atoms with Gasteiger partial charge in [0.2, 0.25) is 0 Å². The SMILES string of the molecule is COc1cc(NS(=O)(=O)N(C)C)c(OC)cc1NS(=O)(=O)c1ccc(C)cc1. The van der Waals surface area contributed by atoms with Gasteiger partial charge in [-0.25, -0.2) is 8.42 Å². The van der Waals surface area contributed by atoms with Crippen LogP contribution in [0.25, 0.3) is 0 Å². The summed E-state index contributed by atoms with van der Waals surface area (Å²) in [7, 11) is -2.25. The van der Waals surface area contributed by atoms with Crippen molar-refractivity contribution in [1.29, 1.82) is 0 Å². The Morgan fingerprint density at radius 1 is 0.821 bits per heavy atom. The van der Waals surface area contributed by atoms with Gasteiger partial charge >= 0.3 is 10.2 Å². The lowest BCUT2D eigenvalue weighted by Gasteiger charge is -2.19. The Kier molecular flexibility index (Phi) is 6.42. The molecule has 0 saturated heterocycles. The van der Waals surface area contributed by atoms with Gasteiger partial charge in [-0.1, -0.05) is 17.7 Å². The molecular formula is C17H23N3O6S2. The second kappa shape index (κ2) is 8.25. The lowest BCUT2D eigenvalue weighted by Crippen LogP contribution is -2.29. The topological polar surface area (TPSA) is 114 Å². The van der Waals surface area contributed by atoms with Gasteiger partial charge in [-0.15, -0.1) is 0 Å². The van der Waals surface area contributed by atoms with E-state index in [0.717, 1.165) is 9.87 Å². The van der Waals surface area contributed by atoms with Gasteiger partial charge in [-0.05, 0) is 19.1 Å². The maximum Gasteiger partial charge on any atom is 0.301 e. The number of aryl methyl sites for hydroxylation is 1. The van der Waals surface area contributed by atoms with Gasteiger partial charge in [-0.3, -0.25) is 9.44 Å². The van der Waals surface area contributed by atoms with Crippen molar-refractivity contribution in [2.24, 2.45) is 0 Å². The number of hydrogen-bond donors (Lipinski definition) is 2. The predicted octanol–water partition coefficient (Wildman–Crippen LogP) is 2.03. The highest BCUT2D eigenvalue weighted by Gasteiger charge is 2.21. The van der Waals surface area contributed by atoms with Crippen molar-refractivity contribution < 1.29 is 26.3 Å². The van der Waals surface area contributed by atoms with Crippen molar-refractivity contribution in [1.82, 2.24) is 4.31 Å². The Bertz CT molecular complexity index is 1050. The smallest absolute Gasteiger partial charge is 0.301 e. The molecule has 28 heavy (non-hydrogen) atoms. The van der Waals surface area contributed by atoms with E-state index in [1.165, 1.54) is 52.6 Å². The van der Waals surface area contributed by atoms with Crippen LogP contribution in [0.15, 0.2) is 41.3 Å². The van der Waals surface area contributed by atoms with Gasteiger partial charge in [0.05, 0.1) is 30.5 Å². The molecule has 0 heterocycles. The highest BCUT2D eigenvalue weighted by atomic mass is 32.2. The lowest BCUT2D eigenvalue weighted by atomic mass is 10.2. The highest BCUT2D eigenvalue weighted by Crippen LogP contribution is 2.38. The zero-order chi connectivity index (χ0) is 21.1. The third kappa shape index (κ3) is 4.86. The molecule has 9 nitrogen and oxygen atoms in total. The largest absolute Gasteiger partial charge is 0.494 e. The number of sulfonamides is 1. The Morgan fingerprint density at radius 2 is 1.29 bits per heavy atom. The third-order valence-corrected chi connectivity index (χ3v) is 6.64. The molecule has 2 N–H and O–H groups in total. The number of benzene rings is 2. The predicted molar refractivity (Wildman–Crippen MR) is 108 cm³/mol. The molecule has 0 aliphatic carbocycles. The van der Waals surface area contributed by atoms with Crippen molar-refractivity contribution in [2.45, 2.75) is 11.8 Å². The summed E-state index contributed by atoms with van der Waals surface area (Å²) in [6.07, 6.45) is 0. The van der Waals surface area contributed by atoms with Gasteiger partial charge in [0.1, 0.15) is 11.5 Å². The maximum atomic E-state index is 12.7. The number of hydrogen-bond acceptors (Lipinski definition) is 6. The number of rotatable bonds is 8. The van der Waals surface area contributed by atoms with E-state index in [9.17, 15) is 16.8 Å². The van der Waals surface area contributed by atoms with E-state index in [1.807, 2.05) is 6.92 Å². The summed E-state index contributed by atoms with van der Waals surface area (Å²) in [5.74, 6) is 0.237. The highest BCUT2D eigenvalue weighted by molar-refractivity contribution is 7.92. The van der Waals surface area contributed by atoms with Crippen LogP contribution in [0.3, 0.4) is 0 Å². The molecule has 0 spiro atoms. The number of nitrogens with zero attached hydrogens (tertiary/aromatic N) is 1. The van der Waals surface area contributed by atoms with E-state index in [2.05, 4.69) is 9.44 Å². The second-order valence-corrected chi connectivity index (χ2v) is 9.63. The van der Waals surface area contributed by atoms with Crippen LogP contribution in [0.4, 0.5) is 11.4 Å². The van der Waals surface area contributed by atoms with Crippen LogP contribution < -0.4 is 18.9 Å². The molecule has 0 aliphatic rings. The van der Waals surface area contributed by atoms with Crippen LogP contribution in [0.2, 0.25) is 0 Å². The molecule has 0 aromatic heterocycles. The molecule has 0 bridgehead atoms. The molecule has 2 rings (SSSR count). The average molecular weight is 430 g/mol. The van der Waals surface area contributed by atoms with Crippen molar-refractivity contribution in [2.75, 3.05) is 37.8 Å². The third-order valence-electron chi connectivity index (χ3n) is 3.82. The normalized spacial score (nSPS) is 11.9. The van der Waals surface area contributed by atoms with Crippen molar-refractivity contribution >= 4 is 31.6 Å². The van der Waals surface area contributed by atoms with E-state index in [0.29, 0.717) is 0 Å². The fraction of sp³-hybridized carbons (Fsp3) is 0.294. The molecule has 2 aromatic rings. The summed E-state index contributed by atoms with van der Waals surface area (Å²) >= 11 is 0. The minimum Gasteiger partial charge on any atom is -0.494 e. The summed E-state index contributed by atoms with van der Waals surface area (Å²) in [5.41, 5.74) is 1.13.